The number of aromatic nitrogens is 2. The van der Waals surface area contributed by atoms with Gasteiger partial charge in [0.05, 0.1) is 17.6 Å². The number of esters is 1. The zero-order valence-electron chi connectivity index (χ0n) is 9.38. The van der Waals surface area contributed by atoms with Gasteiger partial charge in [-0.1, -0.05) is 23.7 Å². The molecule has 94 valence electrons. The lowest BCUT2D eigenvalue weighted by atomic mass is 10.2. The lowest BCUT2D eigenvalue weighted by molar-refractivity contribution is -0.137. The van der Waals surface area contributed by atoms with Gasteiger partial charge in [-0.05, 0) is 6.07 Å². The third-order valence-electron chi connectivity index (χ3n) is 2.38. The lowest BCUT2D eigenvalue weighted by Crippen LogP contribution is -2.11. The van der Waals surface area contributed by atoms with Gasteiger partial charge in [-0.2, -0.15) is 5.10 Å². The number of methoxy groups -OCH3 is 1. The lowest BCUT2D eigenvalue weighted by Gasteiger charge is -2.00. The molecule has 2 aromatic rings. The van der Waals surface area contributed by atoms with Gasteiger partial charge in [-0.25, -0.2) is 4.79 Å². The number of aliphatic carboxylic acids is 1. The fraction of sp³-hybridized carbons (Fsp3) is 0.182. The van der Waals surface area contributed by atoms with Crippen molar-refractivity contribution in [1.29, 1.82) is 0 Å². The number of carbonyl (C=O) groups is 2. The quantitative estimate of drug-likeness (QED) is 0.855. The van der Waals surface area contributed by atoms with Gasteiger partial charge >= 0.3 is 11.9 Å². The van der Waals surface area contributed by atoms with Crippen LogP contribution in [0.5, 0.6) is 0 Å². The van der Waals surface area contributed by atoms with Crippen LogP contribution in [0.3, 0.4) is 0 Å². The first kappa shape index (κ1) is 12.4. The van der Waals surface area contributed by atoms with E-state index >= 15 is 0 Å². The number of benzene rings is 1. The van der Waals surface area contributed by atoms with Crippen molar-refractivity contribution < 1.29 is 19.4 Å². The summed E-state index contributed by atoms with van der Waals surface area (Å²) in [6, 6.07) is 4.90. The van der Waals surface area contributed by atoms with E-state index in [1.165, 1.54) is 11.8 Å². The zero-order chi connectivity index (χ0) is 13.3. The van der Waals surface area contributed by atoms with Crippen LogP contribution in [0.15, 0.2) is 18.2 Å². The van der Waals surface area contributed by atoms with Crippen molar-refractivity contribution in [1.82, 2.24) is 9.78 Å². The summed E-state index contributed by atoms with van der Waals surface area (Å²) in [5.41, 5.74) is 0.457. The molecule has 0 spiro atoms. The van der Waals surface area contributed by atoms with Crippen molar-refractivity contribution >= 4 is 34.4 Å². The Labute approximate surface area is 107 Å². The maximum Gasteiger partial charge on any atom is 0.359 e. The molecule has 18 heavy (non-hydrogen) atoms. The molecular weight excluding hydrogens is 260 g/mol. The molecule has 6 nitrogen and oxygen atoms in total. The van der Waals surface area contributed by atoms with E-state index < -0.39 is 11.9 Å². The molecule has 0 amide bonds. The minimum absolute atomic E-state index is 0.0521. The molecule has 7 heteroatoms. The van der Waals surface area contributed by atoms with Gasteiger partial charge in [0.2, 0.25) is 0 Å². The van der Waals surface area contributed by atoms with Crippen molar-refractivity contribution in [2.45, 2.75) is 6.54 Å². The van der Waals surface area contributed by atoms with Crippen LogP contribution in [0.1, 0.15) is 10.5 Å². The Morgan fingerprint density at radius 2 is 2.22 bits per heavy atom. The van der Waals surface area contributed by atoms with Crippen molar-refractivity contribution in [2.24, 2.45) is 0 Å². The highest BCUT2D eigenvalue weighted by Crippen LogP contribution is 2.26. The van der Waals surface area contributed by atoms with Gasteiger partial charge in [-0.3, -0.25) is 9.48 Å². The number of carbonyl (C=O) groups excluding carboxylic acids is 1. The average molecular weight is 269 g/mol. The predicted octanol–water partition coefficient (Wildman–Crippen LogP) is 1.56. The van der Waals surface area contributed by atoms with E-state index in [2.05, 4.69) is 9.84 Å². The van der Waals surface area contributed by atoms with Gasteiger partial charge in [0.15, 0.2) is 5.69 Å². The molecule has 0 fully saturated rings. The molecule has 0 atom stereocenters. The molecule has 0 bridgehead atoms. The van der Waals surface area contributed by atoms with Crippen LogP contribution in [0.2, 0.25) is 5.02 Å². The second-order valence-electron chi connectivity index (χ2n) is 3.53. The van der Waals surface area contributed by atoms with Gasteiger partial charge < -0.3 is 9.84 Å². The summed E-state index contributed by atoms with van der Waals surface area (Å²) in [7, 11) is 1.23. The van der Waals surface area contributed by atoms with Gasteiger partial charge in [0, 0.05) is 5.39 Å². The molecule has 1 N–H and O–H groups in total. The third-order valence-corrected chi connectivity index (χ3v) is 2.69. The van der Waals surface area contributed by atoms with E-state index in [1.54, 1.807) is 18.2 Å². The summed E-state index contributed by atoms with van der Waals surface area (Å²) in [4.78, 5) is 22.3. The maximum atomic E-state index is 11.5. The molecule has 0 aliphatic heterocycles. The number of hydrogen-bond acceptors (Lipinski definition) is 4. The zero-order valence-corrected chi connectivity index (χ0v) is 10.1. The predicted molar refractivity (Wildman–Crippen MR) is 63.7 cm³/mol. The number of carboxylic acids is 1. The molecular formula is C11H9ClN2O4. The van der Waals surface area contributed by atoms with Gasteiger partial charge in [-0.15, -0.1) is 0 Å². The first-order chi connectivity index (χ1) is 8.54. The molecule has 0 saturated carbocycles. The van der Waals surface area contributed by atoms with Crippen LogP contribution >= 0.6 is 11.6 Å². The average Bonchev–Trinajstić information content (AvgIpc) is 2.68. The number of ether oxygens (including phenoxy) is 1. The van der Waals surface area contributed by atoms with E-state index in [-0.39, 0.29) is 12.2 Å². The molecule has 1 aromatic heterocycles. The molecule has 2 rings (SSSR count). The van der Waals surface area contributed by atoms with Crippen molar-refractivity contribution in [3.05, 3.63) is 28.9 Å². The molecule has 0 aliphatic rings. The van der Waals surface area contributed by atoms with Crippen molar-refractivity contribution in [3.63, 3.8) is 0 Å². The first-order valence-corrected chi connectivity index (χ1v) is 5.37. The SMILES string of the molecule is COC(=O)c1nn(CC(=O)O)c2c(Cl)cccc12. The van der Waals surface area contributed by atoms with Crippen LogP contribution < -0.4 is 0 Å². The minimum Gasteiger partial charge on any atom is -0.480 e. The van der Waals surface area contributed by atoms with Crippen molar-refractivity contribution in [2.75, 3.05) is 7.11 Å². The largest absolute Gasteiger partial charge is 0.480 e. The van der Waals surface area contributed by atoms with Gasteiger partial charge in [0.25, 0.3) is 0 Å². The first-order valence-electron chi connectivity index (χ1n) is 4.99. The van der Waals surface area contributed by atoms with E-state index in [4.69, 9.17) is 16.7 Å². The number of hydrogen-bond donors (Lipinski definition) is 1. The normalized spacial score (nSPS) is 10.6. The second-order valence-corrected chi connectivity index (χ2v) is 3.93. The Balaban J connectivity index is 2.71. The number of fused-ring (bicyclic) bond motifs is 1. The minimum atomic E-state index is -1.07. The maximum absolute atomic E-state index is 11.5. The Kier molecular flexibility index (Phi) is 3.20. The molecule has 0 radical (unpaired) electrons. The monoisotopic (exact) mass is 268 g/mol. The van der Waals surface area contributed by atoms with E-state index in [0.29, 0.717) is 15.9 Å². The fourth-order valence-corrected chi connectivity index (χ4v) is 1.96. The second kappa shape index (κ2) is 4.66. The summed E-state index contributed by atoms with van der Waals surface area (Å²) < 4.78 is 5.77. The van der Waals surface area contributed by atoms with Crippen LogP contribution in [-0.4, -0.2) is 33.9 Å². The summed E-state index contributed by atoms with van der Waals surface area (Å²) in [5.74, 6) is -1.71. The van der Waals surface area contributed by atoms with E-state index in [1.807, 2.05) is 0 Å². The van der Waals surface area contributed by atoms with Crippen LogP contribution in [0.25, 0.3) is 10.9 Å². The number of nitrogens with zero attached hydrogens (tertiary/aromatic N) is 2. The number of carboxylic acid groups (broad SMARTS) is 1. The topological polar surface area (TPSA) is 81.4 Å². The van der Waals surface area contributed by atoms with Gasteiger partial charge in [0.1, 0.15) is 6.54 Å². The molecule has 0 unspecified atom stereocenters. The van der Waals surface area contributed by atoms with E-state index in [9.17, 15) is 9.59 Å². The highest BCUT2D eigenvalue weighted by atomic mass is 35.5. The highest BCUT2D eigenvalue weighted by molar-refractivity contribution is 6.35. The standard InChI is InChI=1S/C11H9ClN2O4/c1-18-11(17)9-6-3-2-4-7(12)10(6)14(13-9)5-8(15)16/h2-4H,5H2,1H3,(H,15,16). The summed E-state index contributed by atoms with van der Waals surface area (Å²) in [6.45, 7) is -0.378. The summed E-state index contributed by atoms with van der Waals surface area (Å²) in [5, 5.41) is 13.5. The smallest absolute Gasteiger partial charge is 0.359 e. The van der Waals surface area contributed by atoms with Crippen molar-refractivity contribution in [3.8, 4) is 0 Å². The Bertz CT molecular complexity index is 635. The summed E-state index contributed by atoms with van der Waals surface area (Å²) >= 11 is 6.00. The Morgan fingerprint density at radius 1 is 1.50 bits per heavy atom. The fourth-order valence-electron chi connectivity index (χ4n) is 1.68. The molecule has 1 aromatic carbocycles. The van der Waals surface area contributed by atoms with E-state index in [0.717, 1.165) is 0 Å². The summed E-state index contributed by atoms with van der Waals surface area (Å²) in [6.07, 6.45) is 0. The highest BCUT2D eigenvalue weighted by Gasteiger charge is 2.20. The Morgan fingerprint density at radius 3 is 2.83 bits per heavy atom. The molecule has 0 aliphatic carbocycles. The number of rotatable bonds is 3. The van der Waals surface area contributed by atoms with Crippen LogP contribution in [-0.2, 0) is 16.1 Å². The van der Waals surface area contributed by atoms with Crippen LogP contribution in [0, 0.1) is 0 Å². The Hall–Kier alpha value is -2.08. The molecule has 1 heterocycles. The van der Waals surface area contributed by atoms with Crippen LogP contribution in [0.4, 0.5) is 0 Å². The third kappa shape index (κ3) is 2.02. The number of para-hydroxylation sites is 1. The molecule has 0 saturated heterocycles. The number of halogens is 1.